The van der Waals surface area contributed by atoms with Crippen LogP contribution in [0.15, 0.2) is 42.6 Å². The molecule has 1 fully saturated rings. The summed E-state index contributed by atoms with van der Waals surface area (Å²) in [5, 5.41) is 3.86. The molecule has 7 heteroatoms. The monoisotopic (exact) mass is 369 g/mol. The lowest BCUT2D eigenvalue weighted by molar-refractivity contribution is -0.121. The topological polar surface area (TPSA) is 73.9 Å². The number of hydrogen-bond acceptors (Lipinski definition) is 4. The zero-order chi connectivity index (χ0) is 17.9. The third-order valence-corrected chi connectivity index (χ3v) is 4.89. The number of carbonyl (C=O) groups excluding carboxylic acids is 1. The second kappa shape index (κ2) is 7.33. The fourth-order valence-corrected chi connectivity index (χ4v) is 3.44. The van der Waals surface area contributed by atoms with Crippen molar-refractivity contribution < 1.29 is 4.79 Å². The second-order valence-electron chi connectivity index (χ2n) is 6.53. The van der Waals surface area contributed by atoms with Crippen LogP contribution in [0.2, 0.25) is 5.02 Å². The average Bonchev–Trinajstić information content (AvgIpc) is 3.27. The number of aryl methyl sites for hydroxylation is 1. The van der Waals surface area contributed by atoms with Crippen LogP contribution in [0.1, 0.15) is 18.7 Å². The third kappa shape index (κ3) is 3.80. The van der Waals surface area contributed by atoms with Gasteiger partial charge < -0.3 is 15.2 Å². The molecule has 2 N–H and O–H groups in total. The number of H-pyrrole nitrogens is 1. The molecular weight excluding hydrogens is 350 g/mol. The van der Waals surface area contributed by atoms with Crippen molar-refractivity contribution in [3.8, 4) is 0 Å². The summed E-state index contributed by atoms with van der Waals surface area (Å²) in [7, 11) is 0. The zero-order valence-electron chi connectivity index (χ0n) is 14.3. The second-order valence-corrected chi connectivity index (χ2v) is 6.97. The molecule has 1 atom stereocenters. The van der Waals surface area contributed by atoms with Crippen LogP contribution in [0.3, 0.4) is 0 Å². The number of pyridine rings is 1. The number of nitrogens with zero attached hydrogens (tertiary/aromatic N) is 3. The molecule has 1 aliphatic heterocycles. The summed E-state index contributed by atoms with van der Waals surface area (Å²) < 4.78 is 0. The van der Waals surface area contributed by atoms with Gasteiger partial charge in [-0.05, 0) is 42.8 Å². The molecule has 1 amide bonds. The van der Waals surface area contributed by atoms with Gasteiger partial charge >= 0.3 is 0 Å². The lowest BCUT2D eigenvalue weighted by Crippen LogP contribution is -2.37. The summed E-state index contributed by atoms with van der Waals surface area (Å²) in [6, 6.07) is 11.8. The number of fused-ring (bicyclic) bond motifs is 1. The molecule has 3 heterocycles. The molecule has 2 aromatic heterocycles. The van der Waals surface area contributed by atoms with E-state index < -0.39 is 0 Å². The number of halogens is 1. The van der Waals surface area contributed by atoms with Crippen LogP contribution < -0.4 is 10.2 Å². The van der Waals surface area contributed by atoms with Gasteiger partial charge in [0.1, 0.15) is 5.82 Å². The number of rotatable bonds is 5. The molecule has 0 spiro atoms. The van der Waals surface area contributed by atoms with Gasteiger partial charge in [0, 0.05) is 48.9 Å². The fourth-order valence-electron chi connectivity index (χ4n) is 3.31. The van der Waals surface area contributed by atoms with Gasteiger partial charge in [-0.3, -0.25) is 4.79 Å². The fraction of sp³-hybridized carbons (Fsp3) is 0.316. The van der Waals surface area contributed by atoms with Crippen molar-refractivity contribution in [1.82, 2.24) is 20.3 Å². The summed E-state index contributed by atoms with van der Waals surface area (Å²) in [4.78, 5) is 26.4. The molecule has 0 aliphatic carbocycles. The predicted molar refractivity (Wildman–Crippen MR) is 102 cm³/mol. The largest absolute Gasteiger partial charge is 0.369 e. The summed E-state index contributed by atoms with van der Waals surface area (Å²) in [6.07, 6.45) is 3.65. The number of hydrogen-bond donors (Lipinski definition) is 2. The predicted octanol–water partition coefficient (Wildman–Crippen LogP) is 2.94. The van der Waals surface area contributed by atoms with Crippen LogP contribution in [0.5, 0.6) is 0 Å². The van der Waals surface area contributed by atoms with Gasteiger partial charge in [0.2, 0.25) is 5.91 Å². The van der Waals surface area contributed by atoms with Crippen molar-refractivity contribution in [1.29, 1.82) is 0 Å². The van der Waals surface area contributed by atoms with E-state index in [1.54, 1.807) is 6.20 Å². The molecule has 1 aliphatic rings. The Morgan fingerprint density at radius 1 is 1.31 bits per heavy atom. The van der Waals surface area contributed by atoms with Gasteiger partial charge in [-0.25, -0.2) is 9.97 Å². The molecule has 0 saturated carbocycles. The number of amides is 1. The van der Waals surface area contributed by atoms with Crippen LogP contribution in [-0.4, -0.2) is 40.0 Å². The number of aromatic nitrogens is 3. The first-order valence-corrected chi connectivity index (χ1v) is 9.15. The van der Waals surface area contributed by atoms with Crippen molar-refractivity contribution in [3.05, 3.63) is 53.4 Å². The lowest BCUT2D eigenvalue weighted by atomic mass is 10.2. The molecule has 134 valence electrons. The van der Waals surface area contributed by atoms with Crippen molar-refractivity contribution in [2.24, 2.45) is 0 Å². The SMILES string of the molecule is O=C(CCc1nc2ncccc2[nH]1)NC1CCN(c2ccc(Cl)cc2)C1. The summed E-state index contributed by atoms with van der Waals surface area (Å²) in [6.45, 7) is 1.75. The maximum absolute atomic E-state index is 12.3. The highest BCUT2D eigenvalue weighted by Gasteiger charge is 2.24. The van der Waals surface area contributed by atoms with Gasteiger partial charge in [0.15, 0.2) is 5.65 Å². The van der Waals surface area contributed by atoms with Crippen molar-refractivity contribution in [3.63, 3.8) is 0 Å². The number of anilines is 1. The van der Waals surface area contributed by atoms with E-state index in [0.717, 1.165) is 41.6 Å². The summed E-state index contributed by atoms with van der Waals surface area (Å²) in [5.41, 5.74) is 2.73. The van der Waals surface area contributed by atoms with Gasteiger partial charge in [-0.2, -0.15) is 0 Å². The number of benzene rings is 1. The average molecular weight is 370 g/mol. The Bertz CT molecular complexity index is 875. The molecule has 3 aromatic rings. The highest BCUT2D eigenvalue weighted by atomic mass is 35.5. The van der Waals surface area contributed by atoms with Crippen LogP contribution >= 0.6 is 11.6 Å². The van der Waals surface area contributed by atoms with E-state index in [2.05, 4.69) is 25.2 Å². The lowest BCUT2D eigenvalue weighted by Gasteiger charge is -2.19. The molecule has 6 nitrogen and oxygen atoms in total. The first-order chi connectivity index (χ1) is 12.7. The third-order valence-electron chi connectivity index (χ3n) is 4.64. The Morgan fingerprint density at radius 2 is 2.15 bits per heavy atom. The van der Waals surface area contributed by atoms with Crippen LogP contribution in [0, 0.1) is 0 Å². The van der Waals surface area contributed by atoms with E-state index in [1.165, 1.54) is 0 Å². The van der Waals surface area contributed by atoms with E-state index in [0.29, 0.717) is 18.5 Å². The van der Waals surface area contributed by atoms with E-state index in [1.807, 2.05) is 36.4 Å². The molecule has 0 radical (unpaired) electrons. The first kappa shape index (κ1) is 16.8. The smallest absolute Gasteiger partial charge is 0.220 e. The Hall–Kier alpha value is -2.60. The molecule has 4 rings (SSSR count). The zero-order valence-corrected chi connectivity index (χ0v) is 15.0. The molecule has 1 unspecified atom stereocenters. The maximum atomic E-state index is 12.3. The standard InChI is InChI=1S/C19H20ClN5O/c20-13-3-5-15(6-4-13)25-11-9-14(12-25)22-18(26)8-7-17-23-16-2-1-10-21-19(16)24-17/h1-6,10,14H,7-9,11-12H2,(H,22,26)(H,21,23,24). The van der Waals surface area contributed by atoms with E-state index >= 15 is 0 Å². The van der Waals surface area contributed by atoms with Crippen molar-refractivity contribution >= 4 is 34.4 Å². The first-order valence-electron chi connectivity index (χ1n) is 8.77. The van der Waals surface area contributed by atoms with Crippen LogP contribution in [-0.2, 0) is 11.2 Å². The quantitative estimate of drug-likeness (QED) is 0.725. The molecule has 1 aromatic carbocycles. The summed E-state index contributed by atoms with van der Waals surface area (Å²) >= 11 is 5.94. The van der Waals surface area contributed by atoms with E-state index in [-0.39, 0.29) is 11.9 Å². The summed E-state index contributed by atoms with van der Waals surface area (Å²) in [5.74, 6) is 0.851. The number of carbonyl (C=O) groups is 1. The Labute approximate surface area is 156 Å². The maximum Gasteiger partial charge on any atom is 0.220 e. The Kier molecular flexibility index (Phi) is 4.75. The molecule has 1 saturated heterocycles. The minimum Gasteiger partial charge on any atom is -0.369 e. The minimum atomic E-state index is 0.0568. The van der Waals surface area contributed by atoms with Gasteiger partial charge in [0.25, 0.3) is 0 Å². The van der Waals surface area contributed by atoms with E-state index in [9.17, 15) is 4.79 Å². The molecular formula is C19H20ClN5O. The highest BCUT2D eigenvalue weighted by molar-refractivity contribution is 6.30. The van der Waals surface area contributed by atoms with Crippen LogP contribution in [0.4, 0.5) is 5.69 Å². The molecule has 0 bridgehead atoms. The molecule has 26 heavy (non-hydrogen) atoms. The van der Waals surface area contributed by atoms with Gasteiger partial charge in [0.05, 0.1) is 5.52 Å². The van der Waals surface area contributed by atoms with Crippen molar-refractivity contribution in [2.75, 3.05) is 18.0 Å². The van der Waals surface area contributed by atoms with E-state index in [4.69, 9.17) is 11.6 Å². The Balaban J connectivity index is 1.27. The van der Waals surface area contributed by atoms with Crippen molar-refractivity contribution in [2.45, 2.75) is 25.3 Å². The minimum absolute atomic E-state index is 0.0568. The Morgan fingerprint density at radius 3 is 2.96 bits per heavy atom. The number of imidazole rings is 1. The number of aromatic amines is 1. The number of nitrogens with one attached hydrogen (secondary N) is 2. The highest BCUT2D eigenvalue weighted by Crippen LogP contribution is 2.22. The van der Waals surface area contributed by atoms with Crippen LogP contribution in [0.25, 0.3) is 11.2 Å². The normalized spacial score (nSPS) is 17.0. The van der Waals surface area contributed by atoms with Gasteiger partial charge in [-0.15, -0.1) is 0 Å². The van der Waals surface area contributed by atoms with Gasteiger partial charge in [-0.1, -0.05) is 11.6 Å².